The fraction of sp³-hybridized carbons (Fsp3) is 0.650. The van der Waals surface area contributed by atoms with Gasteiger partial charge in [-0.1, -0.05) is 30.3 Å². The van der Waals surface area contributed by atoms with E-state index >= 15 is 0 Å². The van der Waals surface area contributed by atoms with Crippen LogP contribution < -0.4 is 15.4 Å². The molecule has 158 valence electrons. The summed E-state index contributed by atoms with van der Waals surface area (Å²) in [6, 6.07) is 10.9. The van der Waals surface area contributed by atoms with Crippen LogP contribution in [0.2, 0.25) is 0 Å². The monoisotopic (exact) mass is 409 g/mol. The van der Waals surface area contributed by atoms with Crippen molar-refractivity contribution in [2.75, 3.05) is 32.4 Å². The Labute approximate surface area is 170 Å². The van der Waals surface area contributed by atoms with Crippen molar-refractivity contribution in [2.24, 2.45) is 4.99 Å². The molecule has 0 aromatic heterocycles. The van der Waals surface area contributed by atoms with Gasteiger partial charge in [0.1, 0.15) is 0 Å². The molecule has 0 amide bonds. The third-order valence-corrected chi connectivity index (χ3v) is 5.54. The van der Waals surface area contributed by atoms with Gasteiger partial charge >= 0.3 is 0 Å². The molecule has 1 aromatic rings. The Hall–Kier alpha value is -1.64. The molecular weight excluding hydrogens is 374 g/mol. The van der Waals surface area contributed by atoms with Crippen LogP contribution in [0.5, 0.6) is 0 Å². The lowest BCUT2D eigenvalue weighted by Crippen LogP contribution is -2.50. The minimum Gasteiger partial charge on any atom is -0.357 e. The van der Waals surface area contributed by atoms with Gasteiger partial charge < -0.3 is 10.6 Å². The van der Waals surface area contributed by atoms with E-state index in [0.717, 1.165) is 45.0 Å². The van der Waals surface area contributed by atoms with E-state index in [-0.39, 0.29) is 0 Å². The third kappa shape index (κ3) is 8.58. The normalized spacial score (nSPS) is 17.5. The van der Waals surface area contributed by atoms with E-state index in [1.165, 1.54) is 11.8 Å². The number of hydrogen-bond donors (Lipinski definition) is 3. The van der Waals surface area contributed by atoms with Gasteiger partial charge in [-0.2, -0.15) is 0 Å². The molecule has 1 aromatic carbocycles. The highest BCUT2D eigenvalue weighted by Crippen LogP contribution is 2.14. The van der Waals surface area contributed by atoms with Gasteiger partial charge in [-0.3, -0.25) is 9.89 Å². The number of guanidine groups is 1. The van der Waals surface area contributed by atoms with E-state index in [1.807, 2.05) is 26.8 Å². The van der Waals surface area contributed by atoms with Crippen molar-refractivity contribution >= 4 is 16.0 Å². The van der Waals surface area contributed by atoms with Gasteiger partial charge in [0.2, 0.25) is 10.0 Å². The molecular formula is C20H35N5O2S. The van der Waals surface area contributed by atoms with E-state index < -0.39 is 15.6 Å². The van der Waals surface area contributed by atoms with Gasteiger partial charge in [0.05, 0.1) is 12.8 Å². The van der Waals surface area contributed by atoms with Crippen molar-refractivity contribution in [2.45, 2.75) is 51.7 Å². The van der Waals surface area contributed by atoms with Crippen LogP contribution in [0.3, 0.4) is 0 Å². The minimum atomic E-state index is -3.27. The smallest absolute Gasteiger partial charge is 0.209 e. The van der Waals surface area contributed by atoms with Crippen molar-refractivity contribution < 1.29 is 8.42 Å². The second-order valence-electron chi connectivity index (χ2n) is 8.13. The summed E-state index contributed by atoms with van der Waals surface area (Å²) in [5.41, 5.74) is 0.721. The molecule has 0 saturated carbocycles. The Morgan fingerprint density at radius 3 is 2.43 bits per heavy atom. The van der Waals surface area contributed by atoms with Crippen LogP contribution in [0.1, 0.15) is 39.2 Å². The fourth-order valence-electron chi connectivity index (χ4n) is 3.40. The largest absolute Gasteiger partial charge is 0.357 e. The Bertz CT molecular complexity index is 726. The first-order valence-corrected chi connectivity index (χ1v) is 11.9. The lowest BCUT2D eigenvalue weighted by atomic mass is 10.0. The van der Waals surface area contributed by atoms with E-state index in [2.05, 4.69) is 49.5 Å². The van der Waals surface area contributed by atoms with Crippen LogP contribution in [-0.2, 0) is 16.6 Å². The maximum Gasteiger partial charge on any atom is 0.209 e. The van der Waals surface area contributed by atoms with Crippen molar-refractivity contribution in [3.8, 4) is 0 Å². The quantitative estimate of drug-likeness (QED) is 0.448. The van der Waals surface area contributed by atoms with Crippen LogP contribution in [-0.4, -0.2) is 63.3 Å². The molecule has 3 N–H and O–H groups in total. The SMILES string of the molecule is CCNC(=NCC(C)(C)NS(C)(=O)=O)NC1CCN(Cc2ccccc2)CC1. The molecule has 0 bridgehead atoms. The summed E-state index contributed by atoms with van der Waals surface area (Å²) in [4.78, 5) is 7.09. The van der Waals surface area contributed by atoms with Gasteiger partial charge in [-0.25, -0.2) is 13.1 Å². The molecule has 0 unspecified atom stereocenters. The third-order valence-electron chi connectivity index (χ3n) is 4.62. The van der Waals surface area contributed by atoms with Crippen LogP contribution in [0.4, 0.5) is 0 Å². The molecule has 0 radical (unpaired) electrons. The summed E-state index contributed by atoms with van der Waals surface area (Å²) in [6.07, 6.45) is 3.29. The van der Waals surface area contributed by atoms with Crippen LogP contribution in [0, 0.1) is 0 Å². The average Bonchev–Trinajstić information content (AvgIpc) is 2.60. The summed E-state index contributed by atoms with van der Waals surface area (Å²) in [6.45, 7) is 9.92. The maximum absolute atomic E-state index is 11.5. The summed E-state index contributed by atoms with van der Waals surface area (Å²) < 4.78 is 25.6. The van der Waals surface area contributed by atoms with Crippen molar-refractivity contribution in [1.82, 2.24) is 20.3 Å². The van der Waals surface area contributed by atoms with E-state index in [9.17, 15) is 8.42 Å². The Morgan fingerprint density at radius 1 is 1.21 bits per heavy atom. The molecule has 1 aliphatic rings. The molecule has 1 saturated heterocycles. The lowest BCUT2D eigenvalue weighted by molar-refractivity contribution is 0.198. The Balaban J connectivity index is 1.85. The summed E-state index contributed by atoms with van der Waals surface area (Å²) in [5, 5.41) is 6.78. The molecule has 28 heavy (non-hydrogen) atoms. The second-order valence-corrected chi connectivity index (χ2v) is 9.88. The molecule has 0 atom stereocenters. The number of nitrogens with one attached hydrogen (secondary N) is 3. The molecule has 1 fully saturated rings. The van der Waals surface area contributed by atoms with Crippen molar-refractivity contribution in [1.29, 1.82) is 0 Å². The van der Waals surface area contributed by atoms with Gasteiger partial charge in [-0.05, 0) is 39.2 Å². The molecule has 1 heterocycles. The minimum absolute atomic E-state index is 0.363. The molecule has 8 heteroatoms. The number of aliphatic imine (C=N–C) groups is 1. The van der Waals surface area contributed by atoms with E-state index in [1.54, 1.807) is 0 Å². The van der Waals surface area contributed by atoms with Crippen LogP contribution >= 0.6 is 0 Å². The first-order chi connectivity index (χ1) is 13.2. The van der Waals surface area contributed by atoms with Gasteiger partial charge in [0.15, 0.2) is 5.96 Å². The van der Waals surface area contributed by atoms with Crippen LogP contribution in [0.15, 0.2) is 35.3 Å². The zero-order valence-corrected chi connectivity index (χ0v) is 18.3. The number of nitrogens with zero attached hydrogens (tertiary/aromatic N) is 2. The zero-order chi connectivity index (χ0) is 20.6. The number of likely N-dealkylation sites (tertiary alicyclic amines) is 1. The lowest BCUT2D eigenvalue weighted by Gasteiger charge is -2.33. The molecule has 0 aliphatic carbocycles. The number of rotatable bonds is 8. The standard InChI is InChI=1S/C20H35N5O2S/c1-5-21-19(22-16-20(2,3)24-28(4,26)27)23-18-11-13-25(14-12-18)15-17-9-7-6-8-10-17/h6-10,18,24H,5,11-16H2,1-4H3,(H2,21,22,23). The average molecular weight is 410 g/mol. The summed E-state index contributed by atoms with van der Waals surface area (Å²) in [7, 11) is -3.27. The molecule has 1 aliphatic heterocycles. The highest BCUT2D eigenvalue weighted by atomic mass is 32.2. The van der Waals surface area contributed by atoms with Gasteiger partial charge in [0.25, 0.3) is 0 Å². The van der Waals surface area contributed by atoms with Crippen molar-refractivity contribution in [3.05, 3.63) is 35.9 Å². The Morgan fingerprint density at radius 2 is 1.86 bits per heavy atom. The second kappa shape index (κ2) is 10.2. The Kier molecular flexibility index (Phi) is 8.27. The zero-order valence-electron chi connectivity index (χ0n) is 17.5. The van der Waals surface area contributed by atoms with E-state index in [0.29, 0.717) is 12.6 Å². The van der Waals surface area contributed by atoms with Crippen LogP contribution in [0.25, 0.3) is 0 Å². The number of hydrogen-bond acceptors (Lipinski definition) is 4. The summed E-state index contributed by atoms with van der Waals surface area (Å²) in [5.74, 6) is 0.743. The highest BCUT2D eigenvalue weighted by molar-refractivity contribution is 7.88. The molecule has 7 nitrogen and oxygen atoms in total. The fourth-order valence-corrected chi connectivity index (χ4v) is 4.47. The van der Waals surface area contributed by atoms with Gasteiger partial charge in [0, 0.05) is 37.8 Å². The molecule has 0 spiro atoms. The van der Waals surface area contributed by atoms with E-state index in [4.69, 9.17) is 0 Å². The van der Waals surface area contributed by atoms with Crippen molar-refractivity contribution in [3.63, 3.8) is 0 Å². The topological polar surface area (TPSA) is 85.8 Å². The number of benzene rings is 1. The number of piperidine rings is 1. The first kappa shape index (κ1) is 22.6. The highest BCUT2D eigenvalue weighted by Gasteiger charge is 2.23. The number of sulfonamides is 1. The predicted octanol–water partition coefficient (Wildman–Crippen LogP) is 1.53. The predicted molar refractivity (Wildman–Crippen MR) is 116 cm³/mol. The maximum atomic E-state index is 11.5. The van der Waals surface area contributed by atoms with Gasteiger partial charge in [-0.15, -0.1) is 0 Å². The summed E-state index contributed by atoms with van der Waals surface area (Å²) >= 11 is 0. The molecule has 2 rings (SSSR count). The first-order valence-electron chi connectivity index (χ1n) is 9.97.